The molecule has 0 bridgehead atoms. The number of sulfonamides is 1. The highest BCUT2D eigenvalue weighted by Crippen LogP contribution is 2.23. The zero-order valence-corrected chi connectivity index (χ0v) is 15.3. The summed E-state index contributed by atoms with van der Waals surface area (Å²) in [4.78, 5) is 23.9. The number of carbonyl (C=O) groups excluding carboxylic acids is 2. The van der Waals surface area contributed by atoms with Crippen molar-refractivity contribution in [1.82, 2.24) is 5.32 Å². The van der Waals surface area contributed by atoms with Gasteiger partial charge in [-0.2, -0.15) is 0 Å². The van der Waals surface area contributed by atoms with E-state index in [2.05, 4.69) is 12.2 Å². The molecule has 25 heavy (non-hydrogen) atoms. The number of hydrogen-bond donors (Lipinski definition) is 2. The number of amides is 1. The predicted octanol–water partition coefficient (Wildman–Crippen LogP) is 1.49. The maximum Gasteiger partial charge on any atom is 0.338 e. The lowest BCUT2D eigenvalue weighted by Gasteiger charge is -2.29. The van der Waals surface area contributed by atoms with Crippen LogP contribution >= 0.6 is 0 Å². The molecule has 1 saturated carbocycles. The molecule has 1 aliphatic rings. The molecule has 0 aromatic heterocycles. The van der Waals surface area contributed by atoms with Crippen LogP contribution in [-0.2, 0) is 19.6 Å². The fourth-order valence-corrected chi connectivity index (χ4v) is 3.84. The molecule has 2 atom stereocenters. The summed E-state index contributed by atoms with van der Waals surface area (Å²) in [5.74, 6) is -0.717. The van der Waals surface area contributed by atoms with Gasteiger partial charge in [0.2, 0.25) is 10.0 Å². The van der Waals surface area contributed by atoms with Crippen LogP contribution in [0, 0.1) is 12.8 Å². The Bertz CT molecular complexity index is 760. The third kappa shape index (κ3) is 5.27. The van der Waals surface area contributed by atoms with Crippen LogP contribution in [0.5, 0.6) is 0 Å². The zero-order chi connectivity index (χ0) is 18.6. The molecule has 0 aliphatic heterocycles. The van der Waals surface area contributed by atoms with E-state index in [1.54, 1.807) is 6.92 Å². The highest BCUT2D eigenvalue weighted by molar-refractivity contribution is 7.89. The fraction of sp³-hybridized carbons (Fsp3) is 0.529. The topological polar surface area (TPSA) is 116 Å². The number of aryl methyl sites for hydroxylation is 1. The number of ether oxygens (including phenoxy) is 1. The molecule has 1 aromatic rings. The van der Waals surface area contributed by atoms with Crippen molar-refractivity contribution in [3.05, 3.63) is 29.3 Å². The molecule has 1 amide bonds. The van der Waals surface area contributed by atoms with E-state index in [4.69, 9.17) is 9.88 Å². The average Bonchev–Trinajstić information content (AvgIpc) is 2.54. The minimum absolute atomic E-state index is 0.0356. The number of benzene rings is 1. The van der Waals surface area contributed by atoms with Gasteiger partial charge >= 0.3 is 5.97 Å². The van der Waals surface area contributed by atoms with Gasteiger partial charge in [-0.3, -0.25) is 4.79 Å². The minimum atomic E-state index is -3.93. The van der Waals surface area contributed by atoms with Crippen LogP contribution in [0.25, 0.3) is 0 Å². The quantitative estimate of drug-likeness (QED) is 0.764. The van der Waals surface area contributed by atoms with Gasteiger partial charge in [0.1, 0.15) is 0 Å². The van der Waals surface area contributed by atoms with Gasteiger partial charge in [0, 0.05) is 6.04 Å². The Morgan fingerprint density at radius 3 is 2.60 bits per heavy atom. The summed E-state index contributed by atoms with van der Waals surface area (Å²) in [5.41, 5.74) is 0.469. The van der Waals surface area contributed by atoms with Gasteiger partial charge in [-0.05, 0) is 43.4 Å². The normalized spacial score (nSPS) is 20.8. The molecule has 0 radical (unpaired) electrons. The molecule has 138 valence electrons. The molecule has 1 fully saturated rings. The monoisotopic (exact) mass is 368 g/mol. The van der Waals surface area contributed by atoms with E-state index in [0.29, 0.717) is 11.5 Å². The maximum atomic E-state index is 12.1. The molecular formula is C17H24N2O5S. The molecule has 2 rings (SSSR count). The van der Waals surface area contributed by atoms with Crippen molar-refractivity contribution in [2.24, 2.45) is 11.1 Å². The van der Waals surface area contributed by atoms with Gasteiger partial charge in [0.15, 0.2) is 6.61 Å². The van der Waals surface area contributed by atoms with Gasteiger partial charge in [0.05, 0.1) is 10.5 Å². The van der Waals surface area contributed by atoms with Crippen molar-refractivity contribution in [2.75, 3.05) is 6.61 Å². The van der Waals surface area contributed by atoms with Crippen LogP contribution < -0.4 is 10.5 Å². The van der Waals surface area contributed by atoms with Crippen LogP contribution in [0.15, 0.2) is 23.1 Å². The molecular weight excluding hydrogens is 344 g/mol. The van der Waals surface area contributed by atoms with Crippen molar-refractivity contribution in [3.63, 3.8) is 0 Å². The third-order valence-corrected chi connectivity index (χ3v) is 5.58. The van der Waals surface area contributed by atoms with Gasteiger partial charge in [0.25, 0.3) is 5.91 Å². The first-order valence-corrected chi connectivity index (χ1v) is 9.83. The fourth-order valence-electron chi connectivity index (χ4n) is 3.03. The average molecular weight is 368 g/mol. The summed E-state index contributed by atoms with van der Waals surface area (Å²) in [5, 5.41) is 8.01. The molecule has 0 spiro atoms. The first kappa shape index (κ1) is 19.4. The van der Waals surface area contributed by atoms with Crippen molar-refractivity contribution in [3.8, 4) is 0 Å². The third-order valence-electron chi connectivity index (χ3n) is 4.52. The second-order valence-corrected chi connectivity index (χ2v) is 8.07. The van der Waals surface area contributed by atoms with E-state index in [-0.39, 0.29) is 22.4 Å². The van der Waals surface area contributed by atoms with Gasteiger partial charge < -0.3 is 10.1 Å². The highest BCUT2D eigenvalue weighted by atomic mass is 32.2. The van der Waals surface area contributed by atoms with Gasteiger partial charge in [-0.1, -0.05) is 25.8 Å². The summed E-state index contributed by atoms with van der Waals surface area (Å²) in [6, 6.07) is 4.18. The van der Waals surface area contributed by atoms with E-state index < -0.39 is 22.6 Å². The number of esters is 1. The standard InChI is InChI=1S/C17H24N2O5S/c1-11-5-3-4-6-14(11)19-16(20)10-24-17(21)13-8-7-12(2)15(9-13)25(18,22)23/h7-9,11,14H,3-6,10H2,1-2H3,(H,19,20)(H2,18,22,23). The minimum Gasteiger partial charge on any atom is -0.452 e. The lowest BCUT2D eigenvalue weighted by atomic mass is 9.86. The second-order valence-electron chi connectivity index (χ2n) is 6.54. The lowest BCUT2D eigenvalue weighted by molar-refractivity contribution is -0.125. The Kier molecular flexibility index (Phi) is 6.18. The summed E-state index contributed by atoms with van der Waals surface area (Å²) >= 11 is 0. The van der Waals surface area contributed by atoms with E-state index in [1.165, 1.54) is 18.6 Å². The van der Waals surface area contributed by atoms with E-state index in [9.17, 15) is 18.0 Å². The van der Waals surface area contributed by atoms with Crippen LogP contribution in [0.1, 0.15) is 48.5 Å². The van der Waals surface area contributed by atoms with Crippen molar-refractivity contribution < 1.29 is 22.7 Å². The molecule has 7 nitrogen and oxygen atoms in total. The van der Waals surface area contributed by atoms with Crippen LogP contribution in [0.2, 0.25) is 0 Å². The van der Waals surface area contributed by atoms with Gasteiger partial charge in [-0.25, -0.2) is 18.4 Å². The van der Waals surface area contributed by atoms with E-state index in [0.717, 1.165) is 25.3 Å². The van der Waals surface area contributed by atoms with Crippen molar-refractivity contribution in [2.45, 2.75) is 50.5 Å². The summed E-state index contributed by atoms with van der Waals surface area (Å²) in [6.45, 7) is 3.27. The lowest BCUT2D eigenvalue weighted by Crippen LogP contribution is -2.42. The molecule has 0 saturated heterocycles. The number of primary sulfonamides is 1. The van der Waals surface area contributed by atoms with Crippen molar-refractivity contribution in [1.29, 1.82) is 0 Å². The number of hydrogen-bond acceptors (Lipinski definition) is 5. The van der Waals surface area contributed by atoms with E-state index >= 15 is 0 Å². The Labute approximate surface area is 148 Å². The summed E-state index contributed by atoms with van der Waals surface area (Å²) < 4.78 is 28.0. The van der Waals surface area contributed by atoms with E-state index in [1.807, 2.05) is 0 Å². The Morgan fingerprint density at radius 2 is 1.96 bits per heavy atom. The van der Waals surface area contributed by atoms with Crippen LogP contribution in [0.4, 0.5) is 0 Å². The van der Waals surface area contributed by atoms with Crippen LogP contribution in [-0.4, -0.2) is 32.9 Å². The number of nitrogens with one attached hydrogen (secondary N) is 1. The molecule has 8 heteroatoms. The molecule has 1 aromatic carbocycles. The molecule has 2 unspecified atom stereocenters. The molecule has 1 aliphatic carbocycles. The zero-order valence-electron chi connectivity index (χ0n) is 14.4. The highest BCUT2D eigenvalue weighted by Gasteiger charge is 2.23. The smallest absolute Gasteiger partial charge is 0.338 e. The van der Waals surface area contributed by atoms with Crippen LogP contribution in [0.3, 0.4) is 0 Å². The SMILES string of the molecule is Cc1ccc(C(=O)OCC(=O)NC2CCCCC2C)cc1S(N)(=O)=O. The molecule has 0 heterocycles. The summed E-state index contributed by atoms with van der Waals surface area (Å²) in [6.07, 6.45) is 4.25. The maximum absolute atomic E-state index is 12.1. The number of carbonyl (C=O) groups is 2. The Hall–Kier alpha value is -1.93. The first-order chi connectivity index (χ1) is 11.7. The summed E-state index contributed by atoms with van der Waals surface area (Å²) in [7, 11) is -3.93. The number of rotatable bonds is 5. The number of nitrogens with two attached hydrogens (primary N) is 1. The Morgan fingerprint density at radius 1 is 1.28 bits per heavy atom. The largest absolute Gasteiger partial charge is 0.452 e. The Balaban J connectivity index is 1.95. The molecule has 3 N–H and O–H groups in total. The predicted molar refractivity (Wildman–Crippen MR) is 92.4 cm³/mol. The van der Waals surface area contributed by atoms with Crippen molar-refractivity contribution >= 4 is 21.9 Å². The van der Waals surface area contributed by atoms with Gasteiger partial charge in [-0.15, -0.1) is 0 Å². The second kappa shape index (κ2) is 7.97. The first-order valence-electron chi connectivity index (χ1n) is 8.28.